The summed E-state index contributed by atoms with van der Waals surface area (Å²) in [5, 5.41) is 0. The molecule has 2 heteroatoms. The maximum atomic E-state index is 8.83. The number of aryl methyl sites for hydroxylation is 1. The molecule has 0 spiro atoms. The maximum absolute atomic E-state index is 8.83. The van der Waals surface area contributed by atoms with Crippen molar-refractivity contribution in [3.05, 3.63) is 83.9 Å². The second kappa shape index (κ2) is 6.21. The SMILES string of the molecule is [2H]C([2H])([2H])C([2H])(c1cccc(C)c1-n1c(-c2ccccc2)nc2ccccc21)C([2H])([2H])[2H]. The van der Waals surface area contributed by atoms with E-state index in [4.69, 9.17) is 14.6 Å². The van der Waals surface area contributed by atoms with E-state index in [1.807, 2.05) is 54.6 Å². The van der Waals surface area contributed by atoms with Gasteiger partial charge in [0.2, 0.25) is 0 Å². The van der Waals surface area contributed by atoms with Gasteiger partial charge >= 0.3 is 0 Å². The van der Waals surface area contributed by atoms with E-state index >= 15 is 0 Å². The number of aromatic nitrogens is 2. The van der Waals surface area contributed by atoms with Gasteiger partial charge in [0, 0.05) is 15.2 Å². The van der Waals surface area contributed by atoms with Gasteiger partial charge in [-0.25, -0.2) is 4.98 Å². The van der Waals surface area contributed by atoms with Crippen LogP contribution < -0.4 is 0 Å². The Hall–Kier alpha value is -2.87. The molecule has 25 heavy (non-hydrogen) atoms. The molecule has 0 saturated heterocycles. The molecule has 1 heterocycles. The molecule has 0 radical (unpaired) electrons. The summed E-state index contributed by atoms with van der Waals surface area (Å²) in [6, 6.07) is 21.6. The number of rotatable bonds is 3. The first-order valence-corrected chi connectivity index (χ1v) is 8.10. The van der Waals surface area contributed by atoms with Gasteiger partial charge in [-0.3, -0.25) is 4.57 Å². The van der Waals surface area contributed by atoms with Gasteiger partial charge in [-0.2, -0.15) is 0 Å². The van der Waals surface area contributed by atoms with Crippen LogP contribution in [0, 0.1) is 6.92 Å². The Balaban J connectivity index is 2.16. The highest BCUT2D eigenvalue weighted by Crippen LogP contribution is 2.34. The molecule has 0 saturated carbocycles. The van der Waals surface area contributed by atoms with Crippen LogP contribution in [0.15, 0.2) is 72.8 Å². The van der Waals surface area contributed by atoms with Crippen molar-refractivity contribution < 1.29 is 9.60 Å². The zero-order chi connectivity index (χ0) is 23.3. The highest BCUT2D eigenvalue weighted by atomic mass is 15.1. The van der Waals surface area contributed by atoms with E-state index in [9.17, 15) is 0 Å². The van der Waals surface area contributed by atoms with Gasteiger partial charge in [-0.1, -0.05) is 74.4 Å². The molecule has 0 N–H and O–H groups in total. The van der Waals surface area contributed by atoms with Crippen molar-refractivity contribution >= 4 is 11.0 Å². The molecule has 4 rings (SSSR count). The van der Waals surface area contributed by atoms with E-state index in [-0.39, 0.29) is 5.56 Å². The van der Waals surface area contributed by atoms with Gasteiger partial charge in [-0.15, -0.1) is 0 Å². The van der Waals surface area contributed by atoms with E-state index in [1.54, 1.807) is 23.6 Å². The third kappa shape index (κ3) is 2.64. The first kappa shape index (κ1) is 9.57. The molecular formula is C23H22N2. The van der Waals surface area contributed by atoms with Crippen molar-refractivity contribution in [2.45, 2.75) is 26.5 Å². The Morgan fingerprint density at radius 1 is 0.920 bits per heavy atom. The minimum atomic E-state index is -3.09. The summed E-state index contributed by atoms with van der Waals surface area (Å²) < 4.78 is 58.7. The lowest BCUT2D eigenvalue weighted by Gasteiger charge is -2.19. The number of hydrogen-bond donors (Lipinski definition) is 0. The summed E-state index contributed by atoms with van der Waals surface area (Å²) in [5.74, 6) is -2.29. The number of hydrogen-bond acceptors (Lipinski definition) is 1. The maximum Gasteiger partial charge on any atom is 0.145 e. The molecule has 2 nitrogen and oxygen atoms in total. The highest BCUT2D eigenvalue weighted by molar-refractivity contribution is 5.84. The smallest absolute Gasteiger partial charge is 0.145 e. The minimum absolute atomic E-state index is 0.0853. The van der Waals surface area contributed by atoms with Crippen LogP contribution in [0.1, 0.15) is 40.3 Å². The van der Waals surface area contributed by atoms with Crippen LogP contribution in [0.3, 0.4) is 0 Å². The van der Waals surface area contributed by atoms with Crippen molar-refractivity contribution in [3.63, 3.8) is 0 Å². The van der Waals surface area contributed by atoms with Crippen LogP contribution in [0.5, 0.6) is 0 Å². The van der Waals surface area contributed by atoms with Gasteiger partial charge in [-0.05, 0) is 36.1 Å². The minimum Gasteiger partial charge on any atom is -0.292 e. The molecule has 124 valence electrons. The van der Waals surface area contributed by atoms with E-state index in [1.165, 1.54) is 6.07 Å². The zero-order valence-electron chi connectivity index (χ0n) is 20.8. The normalized spacial score (nSPS) is 16.9. The van der Waals surface area contributed by atoms with E-state index < -0.39 is 19.6 Å². The Labute approximate surface area is 158 Å². The zero-order valence-corrected chi connectivity index (χ0v) is 13.8. The van der Waals surface area contributed by atoms with Crippen molar-refractivity contribution in [2.24, 2.45) is 0 Å². The average Bonchev–Trinajstić information content (AvgIpc) is 3.11. The number of benzene rings is 3. The fourth-order valence-electron chi connectivity index (χ4n) is 3.19. The first-order chi connectivity index (χ1) is 15.0. The molecule has 1 aromatic heterocycles. The van der Waals surface area contributed by atoms with Crippen LogP contribution in [-0.4, -0.2) is 9.55 Å². The van der Waals surface area contributed by atoms with Crippen LogP contribution >= 0.6 is 0 Å². The molecule has 0 unspecified atom stereocenters. The third-order valence-corrected chi connectivity index (χ3v) is 4.32. The van der Waals surface area contributed by atoms with E-state index in [0.29, 0.717) is 28.1 Å². The second-order valence-electron chi connectivity index (χ2n) is 5.97. The van der Waals surface area contributed by atoms with Gasteiger partial charge in [0.1, 0.15) is 5.82 Å². The predicted octanol–water partition coefficient (Wildman–Crippen LogP) is 6.12. The second-order valence-corrected chi connectivity index (χ2v) is 5.97. The summed E-state index contributed by atoms with van der Waals surface area (Å²) in [5.41, 5.74) is 3.07. The lowest BCUT2D eigenvalue weighted by molar-refractivity contribution is 0.847. The molecule has 0 fully saturated rings. The summed E-state index contributed by atoms with van der Waals surface area (Å²) in [7, 11) is 0. The molecule has 0 aliphatic carbocycles. The quantitative estimate of drug-likeness (QED) is 0.441. The molecule has 3 aromatic carbocycles. The van der Waals surface area contributed by atoms with Crippen molar-refractivity contribution in [3.8, 4) is 17.1 Å². The first-order valence-electron chi connectivity index (χ1n) is 11.6. The Morgan fingerprint density at radius 3 is 2.48 bits per heavy atom. The fraction of sp³-hybridized carbons (Fsp3) is 0.174. The Bertz CT molecular complexity index is 1260. The number of imidazole rings is 1. The molecule has 4 aromatic rings. The number of para-hydroxylation sites is 3. The van der Waals surface area contributed by atoms with Crippen LogP contribution in [0.25, 0.3) is 28.1 Å². The Morgan fingerprint density at radius 2 is 1.68 bits per heavy atom. The lowest BCUT2D eigenvalue weighted by atomic mass is 9.97. The highest BCUT2D eigenvalue weighted by Gasteiger charge is 2.18. The van der Waals surface area contributed by atoms with E-state index in [2.05, 4.69) is 0 Å². The van der Waals surface area contributed by atoms with E-state index in [0.717, 1.165) is 5.56 Å². The average molecular weight is 333 g/mol. The van der Waals surface area contributed by atoms with Crippen molar-refractivity contribution in [2.75, 3.05) is 0 Å². The van der Waals surface area contributed by atoms with Gasteiger partial charge in [0.05, 0.1) is 16.7 Å². The molecule has 0 bridgehead atoms. The van der Waals surface area contributed by atoms with Crippen LogP contribution in [-0.2, 0) is 0 Å². The molecule has 0 aliphatic heterocycles. The molecular weight excluding hydrogens is 304 g/mol. The van der Waals surface area contributed by atoms with Crippen molar-refractivity contribution in [1.82, 2.24) is 9.55 Å². The summed E-state index contributed by atoms with van der Waals surface area (Å²) >= 11 is 0. The molecule has 0 amide bonds. The lowest BCUT2D eigenvalue weighted by Crippen LogP contribution is -2.05. The van der Waals surface area contributed by atoms with Gasteiger partial charge in [0.15, 0.2) is 0 Å². The fourth-order valence-corrected chi connectivity index (χ4v) is 3.19. The Kier molecular flexibility index (Phi) is 2.38. The third-order valence-electron chi connectivity index (χ3n) is 4.32. The monoisotopic (exact) mass is 333 g/mol. The van der Waals surface area contributed by atoms with Gasteiger partial charge < -0.3 is 0 Å². The summed E-state index contributed by atoms with van der Waals surface area (Å²) in [4.78, 5) is 4.77. The summed E-state index contributed by atoms with van der Waals surface area (Å²) in [6.07, 6.45) is 0. The predicted molar refractivity (Wildman–Crippen MR) is 105 cm³/mol. The standard InChI is InChI=1S/C23H22N2/c1-16(2)19-13-9-10-17(3)22(19)25-21-15-8-7-14-20(21)24-23(25)18-11-5-4-6-12-18/h4-16H,1-3H3/i1D3,2D3,16D. The largest absolute Gasteiger partial charge is 0.292 e. The molecule has 0 atom stereocenters. The number of nitrogens with zero attached hydrogens (tertiary/aromatic N) is 2. The van der Waals surface area contributed by atoms with Gasteiger partial charge in [0.25, 0.3) is 0 Å². The topological polar surface area (TPSA) is 17.8 Å². The molecule has 0 aliphatic rings. The van der Waals surface area contributed by atoms with Crippen LogP contribution in [0.2, 0.25) is 0 Å². The number of fused-ring (bicyclic) bond motifs is 1. The van der Waals surface area contributed by atoms with Crippen molar-refractivity contribution in [1.29, 1.82) is 0 Å². The summed E-state index contributed by atoms with van der Waals surface area (Å²) in [6.45, 7) is -4.41. The van der Waals surface area contributed by atoms with Crippen LogP contribution in [0.4, 0.5) is 0 Å².